The average Bonchev–Trinajstić information content (AvgIpc) is 3.22. The van der Waals surface area contributed by atoms with Crippen LogP contribution in [0.25, 0.3) is 11.0 Å². The van der Waals surface area contributed by atoms with Crippen LogP contribution in [0.2, 0.25) is 0 Å². The Kier molecular flexibility index (Phi) is 2.64. The first kappa shape index (κ1) is 12.3. The van der Waals surface area contributed by atoms with Gasteiger partial charge in [-0.15, -0.1) is 0 Å². The van der Waals surface area contributed by atoms with Gasteiger partial charge in [-0.05, 0) is 50.5 Å². The van der Waals surface area contributed by atoms with Gasteiger partial charge in [-0.2, -0.15) is 0 Å². The van der Waals surface area contributed by atoms with E-state index in [4.69, 9.17) is 10.7 Å². The summed E-state index contributed by atoms with van der Waals surface area (Å²) in [5.74, 6) is 1.90. The summed E-state index contributed by atoms with van der Waals surface area (Å²) in [4.78, 5) is 9.08. The number of hydrogen-bond acceptors (Lipinski definition) is 3. The molecule has 4 nitrogen and oxygen atoms in total. The zero-order valence-electron chi connectivity index (χ0n) is 12.0. The van der Waals surface area contributed by atoms with Crippen LogP contribution in [0.15, 0.2) is 18.5 Å². The number of hydrogen-bond donors (Lipinski definition) is 1. The van der Waals surface area contributed by atoms with Gasteiger partial charge in [0.15, 0.2) is 0 Å². The van der Waals surface area contributed by atoms with Crippen molar-refractivity contribution in [3.05, 3.63) is 24.3 Å². The molecule has 0 atom stereocenters. The van der Waals surface area contributed by atoms with E-state index < -0.39 is 0 Å². The van der Waals surface area contributed by atoms with E-state index in [1.807, 2.05) is 12.4 Å². The summed E-state index contributed by atoms with van der Waals surface area (Å²) < 4.78 is 2.41. The van der Waals surface area contributed by atoms with Gasteiger partial charge in [-0.25, -0.2) is 4.98 Å². The predicted molar refractivity (Wildman–Crippen MR) is 79.3 cm³/mol. The summed E-state index contributed by atoms with van der Waals surface area (Å²) in [6.45, 7) is 2.33. The molecule has 0 bridgehead atoms. The topological polar surface area (TPSA) is 56.7 Å². The van der Waals surface area contributed by atoms with Crippen LogP contribution in [0.4, 0.5) is 0 Å². The summed E-state index contributed by atoms with van der Waals surface area (Å²) in [7, 11) is 0. The molecule has 106 valence electrons. The Labute approximate surface area is 119 Å². The molecule has 4 rings (SSSR count). The van der Waals surface area contributed by atoms with Crippen LogP contribution in [-0.2, 0) is 5.54 Å². The largest absolute Gasteiger partial charge is 0.323 e. The Morgan fingerprint density at radius 2 is 2.00 bits per heavy atom. The van der Waals surface area contributed by atoms with Crippen LogP contribution in [0, 0.1) is 5.92 Å². The molecule has 2 heterocycles. The maximum atomic E-state index is 6.77. The molecule has 2 aromatic rings. The van der Waals surface area contributed by atoms with Gasteiger partial charge >= 0.3 is 0 Å². The number of nitrogens with two attached hydrogens (primary N) is 1. The minimum Gasteiger partial charge on any atom is -0.323 e. The highest BCUT2D eigenvalue weighted by Gasteiger charge is 2.39. The fraction of sp³-hybridized carbons (Fsp3) is 0.625. The van der Waals surface area contributed by atoms with Gasteiger partial charge in [0.2, 0.25) is 0 Å². The molecular formula is C16H22N4. The fourth-order valence-electron chi connectivity index (χ4n) is 3.51. The molecule has 2 aliphatic carbocycles. The lowest BCUT2D eigenvalue weighted by molar-refractivity contribution is 0.231. The molecule has 2 aromatic heterocycles. The van der Waals surface area contributed by atoms with Gasteiger partial charge in [0.05, 0.1) is 17.3 Å². The van der Waals surface area contributed by atoms with Crippen molar-refractivity contribution in [2.75, 3.05) is 0 Å². The molecule has 2 fully saturated rings. The second kappa shape index (κ2) is 4.29. The third-order valence-electron chi connectivity index (χ3n) is 5.02. The number of pyridine rings is 1. The third-order valence-corrected chi connectivity index (χ3v) is 5.02. The van der Waals surface area contributed by atoms with Crippen molar-refractivity contribution in [1.82, 2.24) is 14.5 Å². The van der Waals surface area contributed by atoms with E-state index >= 15 is 0 Å². The van der Waals surface area contributed by atoms with Crippen molar-refractivity contribution in [3.8, 4) is 0 Å². The molecule has 0 radical (unpaired) electrons. The SMILES string of the molecule is CC1CCC(N)(c2nc3cnccc3n2C2CC2)CC1. The van der Waals surface area contributed by atoms with Crippen molar-refractivity contribution in [2.45, 2.75) is 57.0 Å². The minimum absolute atomic E-state index is 0.242. The van der Waals surface area contributed by atoms with E-state index in [2.05, 4.69) is 22.5 Å². The molecule has 0 aliphatic heterocycles. The quantitative estimate of drug-likeness (QED) is 0.912. The van der Waals surface area contributed by atoms with Crippen LogP contribution in [0.3, 0.4) is 0 Å². The van der Waals surface area contributed by atoms with Crippen LogP contribution >= 0.6 is 0 Å². The van der Waals surface area contributed by atoms with Gasteiger partial charge in [-0.3, -0.25) is 4.98 Å². The molecule has 0 spiro atoms. The van der Waals surface area contributed by atoms with Gasteiger partial charge in [0.25, 0.3) is 0 Å². The van der Waals surface area contributed by atoms with Crippen molar-refractivity contribution in [1.29, 1.82) is 0 Å². The van der Waals surface area contributed by atoms with Crippen molar-refractivity contribution < 1.29 is 0 Å². The lowest BCUT2D eigenvalue weighted by atomic mass is 9.77. The van der Waals surface area contributed by atoms with Crippen molar-refractivity contribution in [2.24, 2.45) is 11.7 Å². The monoisotopic (exact) mass is 270 g/mol. The summed E-state index contributed by atoms with van der Waals surface area (Å²) in [6.07, 6.45) is 10.8. The van der Waals surface area contributed by atoms with Crippen molar-refractivity contribution in [3.63, 3.8) is 0 Å². The summed E-state index contributed by atoms with van der Waals surface area (Å²) in [5.41, 5.74) is 8.73. The Hall–Kier alpha value is -1.42. The first-order chi connectivity index (χ1) is 9.67. The number of fused-ring (bicyclic) bond motifs is 1. The molecule has 2 N–H and O–H groups in total. The second-order valence-corrected chi connectivity index (χ2v) is 6.74. The Morgan fingerprint density at radius 1 is 1.25 bits per heavy atom. The van der Waals surface area contributed by atoms with E-state index in [9.17, 15) is 0 Å². The van der Waals surface area contributed by atoms with Gasteiger partial charge in [-0.1, -0.05) is 6.92 Å². The number of rotatable bonds is 2. The third kappa shape index (κ3) is 1.85. The van der Waals surface area contributed by atoms with Gasteiger partial charge in [0.1, 0.15) is 11.3 Å². The Morgan fingerprint density at radius 3 is 2.70 bits per heavy atom. The summed E-state index contributed by atoms with van der Waals surface area (Å²) in [5, 5.41) is 0. The van der Waals surface area contributed by atoms with Crippen LogP contribution in [-0.4, -0.2) is 14.5 Å². The lowest BCUT2D eigenvalue weighted by Gasteiger charge is -2.36. The molecule has 2 aliphatic rings. The smallest absolute Gasteiger partial charge is 0.130 e. The first-order valence-corrected chi connectivity index (χ1v) is 7.79. The fourth-order valence-corrected chi connectivity index (χ4v) is 3.51. The van der Waals surface area contributed by atoms with E-state index in [1.54, 1.807) is 0 Å². The number of nitrogens with zero attached hydrogens (tertiary/aromatic N) is 3. The van der Waals surface area contributed by atoms with E-state index in [0.29, 0.717) is 6.04 Å². The van der Waals surface area contributed by atoms with Crippen LogP contribution in [0.1, 0.15) is 57.3 Å². The molecule has 4 heteroatoms. The van der Waals surface area contributed by atoms with Crippen LogP contribution in [0.5, 0.6) is 0 Å². The van der Waals surface area contributed by atoms with E-state index in [1.165, 1.54) is 31.2 Å². The normalized spacial score (nSPS) is 30.8. The molecule has 0 saturated heterocycles. The van der Waals surface area contributed by atoms with Gasteiger partial charge < -0.3 is 10.3 Å². The maximum Gasteiger partial charge on any atom is 0.130 e. The minimum atomic E-state index is -0.242. The molecule has 0 unspecified atom stereocenters. The van der Waals surface area contributed by atoms with Crippen molar-refractivity contribution >= 4 is 11.0 Å². The number of aromatic nitrogens is 3. The molecule has 20 heavy (non-hydrogen) atoms. The molecular weight excluding hydrogens is 248 g/mol. The Bertz CT molecular complexity index is 633. The zero-order chi connectivity index (χ0) is 13.7. The Balaban J connectivity index is 1.84. The molecule has 0 aromatic carbocycles. The van der Waals surface area contributed by atoms with E-state index in [-0.39, 0.29) is 5.54 Å². The lowest BCUT2D eigenvalue weighted by Crippen LogP contribution is -2.42. The van der Waals surface area contributed by atoms with Crippen LogP contribution < -0.4 is 5.73 Å². The highest BCUT2D eigenvalue weighted by Crippen LogP contribution is 2.44. The molecule has 2 saturated carbocycles. The molecule has 0 amide bonds. The first-order valence-electron chi connectivity index (χ1n) is 7.79. The maximum absolute atomic E-state index is 6.77. The standard InChI is InChI=1S/C16H22N4/c1-11-4-7-16(17,8-5-11)15-19-13-10-18-9-6-14(13)20(15)12-2-3-12/h6,9-12H,2-5,7-8,17H2,1H3. The highest BCUT2D eigenvalue weighted by molar-refractivity contribution is 5.75. The number of imidazole rings is 1. The summed E-state index contributed by atoms with van der Waals surface area (Å²) in [6, 6.07) is 2.69. The predicted octanol–water partition coefficient (Wildman–Crippen LogP) is 3.13. The highest BCUT2D eigenvalue weighted by atomic mass is 15.2. The second-order valence-electron chi connectivity index (χ2n) is 6.74. The zero-order valence-corrected chi connectivity index (χ0v) is 12.0. The summed E-state index contributed by atoms with van der Waals surface area (Å²) >= 11 is 0. The average molecular weight is 270 g/mol. The van der Waals surface area contributed by atoms with E-state index in [0.717, 1.165) is 30.1 Å². The van der Waals surface area contributed by atoms with Gasteiger partial charge in [0, 0.05) is 12.2 Å².